The van der Waals surface area contributed by atoms with E-state index in [1.54, 1.807) is 7.11 Å². The third-order valence-electron chi connectivity index (χ3n) is 1.20. The summed E-state index contributed by atoms with van der Waals surface area (Å²) in [5.74, 6) is 0. The molecule has 0 aliphatic heterocycles. The predicted octanol–water partition coefficient (Wildman–Crippen LogP) is 1.02. The van der Waals surface area contributed by atoms with Gasteiger partial charge in [0.1, 0.15) is 0 Å². The SMILES string of the molecule is CCNCCCCOC. The molecule has 2 nitrogen and oxygen atoms in total. The molecule has 1 N–H and O–H groups in total. The Morgan fingerprint density at radius 2 is 2.11 bits per heavy atom. The highest BCUT2D eigenvalue weighted by Crippen LogP contribution is 1.85. The van der Waals surface area contributed by atoms with E-state index in [0.717, 1.165) is 19.7 Å². The minimum absolute atomic E-state index is 0.894. The maximum absolute atomic E-state index is 4.89. The fourth-order valence-corrected chi connectivity index (χ4v) is 0.673. The lowest BCUT2D eigenvalue weighted by Gasteiger charge is -1.99. The van der Waals surface area contributed by atoms with Gasteiger partial charge in [-0.25, -0.2) is 0 Å². The molecular weight excluding hydrogens is 114 g/mol. The van der Waals surface area contributed by atoms with Crippen LogP contribution < -0.4 is 5.32 Å². The first-order chi connectivity index (χ1) is 4.41. The highest BCUT2D eigenvalue weighted by atomic mass is 16.5. The zero-order chi connectivity index (χ0) is 6.95. The minimum Gasteiger partial charge on any atom is -0.385 e. The summed E-state index contributed by atoms with van der Waals surface area (Å²) in [6, 6.07) is 0. The number of nitrogens with one attached hydrogen (secondary N) is 1. The van der Waals surface area contributed by atoms with Crippen LogP contribution in [0.15, 0.2) is 0 Å². The zero-order valence-electron chi connectivity index (χ0n) is 6.44. The third kappa shape index (κ3) is 7.92. The van der Waals surface area contributed by atoms with E-state index in [1.165, 1.54) is 12.8 Å². The molecule has 0 spiro atoms. The van der Waals surface area contributed by atoms with Crippen molar-refractivity contribution in [3.05, 3.63) is 0 Å². The fourth-order valence-electron chi connectivity index (χ4n) is 0.673. The van der Waals surface area contributed by atoms with Crippen LogP contribution in [0, 0.1) is 0 Å². The summed E-state index contributed by atoms with van der Waals surface area (Å²) in [6.45, 7) is 5.22. The van der Waals surface area contributed by atoms with Gasteiger partial charge in [-0.3, -0.25) is 0 Å². The highest BCUT2D eigenvalue weighted by Gasteiger charge is 1.84. The molecule has 0 saturated carbocycles. The van der Waals surface area contributed by atoms with Crippen LogP contribution in [-0.4, -0.2) is 26.8 Å². The summed E-state index contributed by atoms with van der Waals surface area (Å²) in [5, 5.41) is 3.25. The molecule has 56 valence electrons. The summed E-state index contributed by atoms with van der Waals surface area (Å²) in [4.78, 5) is 0. The van der Waals surface area contributed by atoms with Crippen molar-refractivity contribution in [2.75, 3.05) is 26.8 Å². The molecule has 0 aliphatic rings. The average molecular weight is 131 g/mol. The fraction of sp³-hybridized carbons (Fsp3) is 1.00. The number of hydrogen-bond acceptors (Lipinski definition) is 2. The van der Waals surface area contributed by atoms with Crippen LogP contribution in [0.4, 0.5) is 0 Å². The van der Waals surface area contributed by atoms with Crippen molar-refractivity contribution in [3.63, 3.8) is 0 Å². The van der Waals surface area contributed by atoms with E-state index in [2.05, 4.69) is 12.2 Å². The molecule has 0 radical (unpaired) electrons. The first-order valence-corrected chi connectivity index (χ1v) is 3.61. The quantitative estimate of drug-likeness (QED) is 0.543. The number of ether oxygens (including phenoxy) is 1. The largest absolute Gasteiger partial charge is 0.385 e. The van der Waals surface area contributed by atoms with Crippen molar-refractivity contribution in [1.29, 1.82) is 0 Å². The molecule has 2 heteroatoms. The Kier molecular flexibility index (Phi) is 7.85. The Hall–Kier alpha value is -0.0800. The minimum atomic E-state index is 0.894. The summed E-state index contributed by atoms with van der Waals surface area (Å²) < 4.78 is 4.89. The van der Waals surface area contributed by atoms with Gasteiger partial charge in [-0.1, -0.05) is 6.92 Å². The van der Waals surface area contributed by atoms with Gasteiger partial charge in [0.25, 0.3) is 0 Å². The van der Waals surface area contributed by atoms with Gasteiger partial charge < -0.3 is 10.1 Å². The number of hydrogen-bond donors (Lipinski definition) is 1. The van der Waals surface area contributed by atoms with E-state index in [1.807, 2.05) is 0 Å². The number of methoxy groups -OCH3 is 1. The van der Waals surface area contributed by atoms with Crippen LogP contribution in [0.2, 0.25) is 0 Å². The van der Waals surface area contributed by atoms with Crippen LogP contribution in [-0.2, 0) is 4.74 Å². The Balaban J connectivity index is 2.60. The molecular formula is C7H17NO. The lowest BCUT2D eigenvalue weighted by molar-refractivity contribution is 0.192. The Labute approximate surface area is 57.6 Å². The van der Waals surface area contributed by atoms with Gasteiger partial charge >= 0.3 is 0 Å². The summed E-state index contributed by atoms with van der Waals surface area (Å²) in [5.41, 5.74) is 0. The predicted molar refractivity (Wildman–Crippen MR) is 39.7 cm³/mol. The van der Waals surface area contributed by atoms with Gasteiger partial charge in [-0.2, -0.15) is 0 Å². The van der Waals surface area contributed by atoms with E-state index in [0.29, 0.717) is 0 Å². The van der Waals surface area contributed by atoms with E-state index < -0.39 is 0 Å². The lowest BCUT2D eigenvalue weighted by Crippen LogP contribution is -2.14. The first kappa shape index (κ1) is 8.92. The molecule has 0 aromatic rings. The third-order valence-corrected chi connectivity index (χ3v) is 1.20. The maximum Gasteiger partial charge on any atom is 0.0462 e. The standard InChI is InChI=1S/C7H17NO/c1-3-8-6-4-5-7-9-2/h8H,3-7H2,1-2H3. The van der Waals surface area contributed by atoms with E-state index in [4.69, 9.17) is 4.74 Å². The van der Waals surface area contributed by atoms with Crippen molar-refractivity contribution in [3.8, 4) is 0 Å². The second-order valence-corrected chi connectivity index (χ2v) is 2.05. The van der Waals surface area contributed by atoms with Crippen LogP contribution in [0.1, 0.15) is 19.8 Å². The number of rotatable bonds is 6. The Bertz CT molecular complexity index is 42.2. The van der Waals surface area contributed by atoms with Gasteiger partial charge in [0.15, 0.2) is 0 Å². The highest BCUT2D eigenvalue weighted by molar-refractivity contribution is 4.43. The lowest BCUT2D eigenvalue weighted by atomic mass is 10.3. The first-order valence-electron chi connectivity index (χ1n) is 3.61. The molecule has 0 aromatic carbocycles. The monoisotopic (exact) mass is 131 g/mol. The van der Waals surface area contributed by atoms with Gasteiger partial charge in [-0.05, 0) is 25.9 Å². The molecule has 0 atom stereocenters. The maximum atomic E-state index is 4.89. The smallest absolute Gasteiger partial charge is 0.0462 e. The average Bonchev–Trinajstić information content (AvgIpc) is 1.89. The molecule has 0 aromatic heterocycles. The Morgan fingerprint density at radius 1 is 1.33 bits per heavy atom. The molecule has 0 amide bonds. The van der Waals surface area contributed by atoms with E-state index >= 15 is 0 Å². The second-order valence-electron chi connectivity index (χ2n) is 2.05. The molecule has 0 bridgehead atoms. The van der Waals surface area contributed by atoms with Crippen molar-refractivity contribution >= 4 is 0 Å². The van der Waals surface area contributed by atoms with Gasteiger partial charge in [-0.15, -0.1) is 0 Å². The summed E-state index contributed by atoms with van der Waals surface area (Å²) in [6.07, 6.45) is 2.39. The van der Waals surface area contributed by atoms with Crippen LogP contribution >= 0.6 is 0 Å². The molecule has 0 heterocycles. The molecule has 0 saturated heterocycles. The van der Waals surface area contributed by atoms with Gasteiger partial charge in [0.05, 0.1) is 0 Å². The molecule has 9 heavy (non-hydrogen) atoms. The van der Waals surface area contributed by atoms with Gasteiger partial charge in [0.2, 0.25) is 0 Å². The van der Waals surface area contributed by atoms with E-state index in [9.17, 15) is 0 Å². The second kappa shape index (κ2) is 7.92. The van der Waals surface area contributed by atoms with E-state index in [-0.39, 0.29) is 0 Å². The molecule has 0 aliphatic carbocycles. The van der Waals surface area contributed by atoms with Crippen LogP contribution in [0.3, 0.4) is 0 Å². The zero-order valence-corrected chi connectivity index (χ0v) is 6.44. The molecule has 0 fully saturated rings. The number of unbranched alkanes of at least 4 members (excludes halogenated alkanes) is 1. The van der Waals surface area contributed by atoms with Crippen molar-refractivity contribution in [2.45, 2.75) is 19.8 Å². The topological polar surface area (TPSA) is 21.3 Å². The van der Waals surface area contributed by atoms with Crippen LogP contribution in [0.25, 0.3) is 0 Å². The van der Waals surface area contributed by atoms with Crippen molar-refractivity contribution in [1.82, 2.24) is 5.32 Å². The summed E-state index contributed by atoms with van der Waals surface area (Å²) >= 11 is 0. The van der Waals surface area contributed by atoms with Crippen molar-refractivity contribution < 1.29 is 4.74 Å². The molecule has 0 unspecified atom stereocenters. The molecule has 0 rings (SSSR count). The van der Waals surface area contributed by atoms with Crippen LogP contribution in [0.5, 0.6) is 0 Å². The Morgan fingerprint density at radius 3 is 2.67 bits per heavy atom. The summed E-state index contributed by atoms with van der Waals surface area (Å²) in [7, 11) is 1.74. The van der Waals surface area contributed by atoms with Gasteiger partial charge in [0, 0.05) is 13.7 Å². The van der Waals surface area contributed by atoms with Crippen molar-refractivity contribution in [2.24, 2.45) is 0 Å². The normalized spacial score (nSPS) is 10.0.